The molecule has 9 heteroatoms. The first-order chi connectivity index (χ1) is 13.7. The van der Waals surface area contributed by atoms with Crippen LogP contribution in [0.15, 0.2) is 11.8 Å². The van der Waals surface area contributed by atoms with Gasteiger partial charge in [0.15, 0.2) is 0 Å². The van der Waals surface area contributed by atoms with Crippen molar-refractivity contribution in [3.05, 3.63) is 11.8 Å². The number of rotatable bonds is 2. The number of fused-ring (bicyclic) bond motifs is 5. The standard InChI is InChI=1S/C21H30F3NO4S/c1-12-11-15-19(2,10-8-17(26)25(15)4)14-7-9-20(3)13(18(12)14)5-6-16(20)29-30(27,28)21(22,23)24/h6,12-15,18H,5,7-11H2,1-4H3/t12?,13-,14+,15?,18-,19+,20-/m0/s1. The molecule has 0 aromatic heterocycles. The van der Waals surface area contributed by atoms with Gasteiger partial charge in [0.2, 0.25) is 5.91 Å². The molecule has 0 bridgehead atoms. The van der Waals surface area contributed by atoms with Gasteiger partial charge in [-0.15, -0.1) is 0 Å². The van der Waals surface area contributed by atoms with Crippen LogP contribution in [0.3, 0.4) is 0 Å². The SMILES string of the molecule is CC1CC2N(C)C(=O)CC[C@]2(C)[C@@H]2CC[C@]3(C)C(OS(=O)(=O)C(F)(F)F)=CC[C@H]3[C@H]12. The second-order valence-corrected chi connectivity index (χ2v) is 11.8. The van der Waals surface area contributed by atoms with Gasteiger partial charge in [-0.05, 0) is 67.3 Å². The molecule has 0 aromatic carbocycles. The summed E-state index contributed by atoms with van der Waals surface area (Å²) >= 11 is 0. The van der Waals surface area contributed by atoms with Crippen molar-refractivity contribution in [2.24, 2.45) is 34.5 Å². The van der Waals surface area contributed by atoms with Crippen LogP contribution in [0.5, 0.6) is 0 Å². The highest BCUT2D eigenvalue weighted by Crippen LogP contribution is 2.66. The zero-order valence-corrected chi connectivity index (χ0v) is 18.6. The van der Waals surface area contributed by atoms with Gasteiger partial charge >= 0.3 is 15.6 Å². The molecule has 1 amide bonds. The molecule has 1 saturated heterocycles. The Bertz CT molecular complexity index is 885. The fourth-order valence-electron chi connectivity index (χ4n) is 7.29. The van der Waals surface area contributed by atoms with Crippen molar-refractivity contribution in [2.75, 3.05) is 7.05 Å². The number of nitrogens with zero attached hydrogens (tertiary/aromatic N) is 1. The Morgan fingerprint density at radius 3 is 2.50 bits per heavy atom. The summed E-state index contributed by atoms with van der Waals surface area (Å²) in [5.41, 5.74) is -6.17. The molecule has 0 aromatic rings. The van der Waals surface area contributed by atoms with Crippen LogP contribution < -0.4 is 0 Å². The number of likely N-dealkylation sites (tertiary alicyclic amines) is 1. The number of allylic oxidation sites excluding steroid dienone is 2. The largest absolute Gasteiger partial charge is 0.534 e. The van der Waals surface area contributed by atoms with Crippen LogP contribution in [0.2, 0.25) is 0 Å². The molecule has 3 aliphatic carbocycles. The van der Waals surface area contributed by atoms with Crippen LogP contribution in [-0.4, -0.2) is 37.8 Å². The number of hydrogen-bond donors (Lipinski definition) is 0. The third-order valence-corrected chi connectivity index (χ3v) is 9.89. The molecule has 1 heterocycles. The summed E-state index contributed by atoms with van der Waals surface area (Å²) in [7, 11) is -3.79. The molecule has 0 N–H and O–H groups in total. The van der Waals surface area contributed by atoms with E-state index in [1.807, 2.05) is 18.9 Å². The Labute approximate surface area is 176 Å². The molecule has 170 valence electrons. The number of carbonyl (C=O) groups excluding carboxylic acids is 1. The van der Waals surface area contributed by atoms with E-state index in [4.69, 9.17) is 0 Å². The van der Waals surface area contributed by atoms with Crippen LogP contribution in [-0.2, 0) is 19.1 Å². The number of amides is 1. The molecule has 4 aliphatic rings. The molecule has 4 rings (SSSR count). The first kappa shape index (κ1) is 22.0. The van der Waals surface area contributed by atoms with Crippen LogP contribution in [0.25, 0.3) is 0 Å². The van der Waals surface area contributed by atoms with E-state index < -0.39 is 21.0 Å². The second-order valence-electron chi connectivity index (χ2n) is 10.3. The molecule has 0 radical (unpaired) electrons. The average Bonchev–Trinajstić information content (AvgIpc) is 2.95. The molecule has 2 unspecified atom stereocenters. The summed E-state index contributed by atoms with van der Waals surface area (Å²) in [5.74, 6) is 1.09. The molecule has 7 atom stereocenters. The maximum atomic E-state index is 12.9. The lowest BCUT2D eigenvalue weighted by atomic mass is 9.45. The first-order valence-electron chi connectivity index (χ1n) is 10.7. The summed E-state index contributed by atoms with van der Waals surface area (Å²) in [6.45, 7) is 6.29. The number of carbonyl (C=O) groups is 1. The highest BCUT2D eigenvalue weighted by Gasteiger charge is 2.63. The fraction of sp³-hybridized carbons (Fsp3) is 0.857. The highest BCUT2D eigenvalue weighted by molar-refractivity contribution is 7.87. The second kappa shape index (κ2) is 6.62. The van der Waals surface area contributed by atoms with Crippen molar-refractivity contribution in [3.63, 3.8) is 0 Å². The van der Waals surface area contributed by atoms with E-state index in [-0.39, 0.29) is 40.9 Å². The molecule has 0 spiro atoms. The predicted molar refractivity (Wildman–Crippen MR) is 104 cm³/mol. The normalized spacial score (nSPS) is 44.1. The van der Waals surface area contributed by atoms with Crippen LogP contribution in [0.4, 0.5) is 13.2 Å². The minimum atomic E-state index is -5.67. The lowest BCUT2D eigenvalue weighted by molar-refractivity contribution is -0.164. The minimum absolute atomic E-state index is 0.0250. The first-order valence-corrected chi connectivity index (χ1v) is 12.1. The molecule has 3 fully saturated rings. The van der Waals surface area contributed by atoms with Crippen LogP contribution >= 0.6 is 0 Å². The summed E-state index contributed by atoms with van der Waals surface area (Å²) in [4.78, 5) is 14.2. The Morgan fingerprint density at radius 2 is 1.87 bits per heavy atom. The maximum Gasteiger partial charge on any atom is 0.534 e. The number of hydrogen-bond acceptors (Lipinski definition) is 4. The number of halogens is 3. The van der Waals surface area contributed by atoms with Gasteiger partial charge in [0.05, 0.1) is 0 Å². The van der Waals surface area contributed by atoms with E-state index >= 15 is 0 Å². The number of piperidine rings is 1. The van der Waals surface area contributed by atoms with Crippen molar-refractivity contribution < 1.29 is 30.6 Å². The lowest BCUT2D eigenvalue weighted by Crippen LogP contribution is -2.63. The van der Waals surface area contributed by atoms with Crippen LogP contribution in [0.1, 0.15) is 59.3 Å². The van der Waals surface area contributed by atoms with E-state index in [2.05, 4.69) is 18.0 Å². The maximum absolute atomic E-state index is 12.9. The molecule has 2 saturated carbocycles. The zero-order valence-electron chi connectivity index (χ0n) is 17.8. The van der Waals surface area contributed by atoms with E-state index in [1.165, 1.54) is 0 Å². The summed E-state index contributed by atoms with van der Waals surface area (Å²) in [6.07, 6.45) is 5.70. The molecule has 30 heavy (non-hydrogen) atoms. The van der Waals surface area contributed by atoms with E-state index in [1.54, 1.807) is 6.08 Å². The van der Waals surface area contributed by atoms with E-state index in [0.717, 1.165) is 19.3 Å². The van der Waals surface area contributed by atoms with Crippen LogP contribution in [0, 0.1) is 34.5 Å². The predicted octanol–water partition coefficient (Wildman–Crippen LogP) is 4.46. The lowest BCUT2D eigenvalue weighted by Gasteiger charge is -2.63. The fourth-order valence-corrected chi connectivity index (χ4v) is 7.88. The van der Waals surface area contributed by atoms with E-state index in [9.17, 15) is 26.4 Å². The summed E-state index contributed by atoms with van der Waals surface area (Å²) < 4.78 is 66.7. The quantitative estimate of drug-likeness (QED) is 0.461. The minimum Gasteiger partial charge on any atom is -0.380 e. The highest BCUT2D eigenvalue weighted by atomic mass is 32.2. The van der Waals surface area contributed by atoms with Crippen molar-refractivity contribution in [1.29, 1.82) is 0 Å². The van der Waals surface area contributed by atoms with Gasteiger partial charge in [-0.1, -0.05) is 20.8 Å². The monoisotopic (exact) mass is 449 g/mol. The Morgan fingerprint density at radius 1 is 1.20 bits per heavy atom. The summed E-state index contributed by atoms with van der Waals surface area (Å²) in [5, 5.41) is 0. The van der Waals surface area contributed by atoms with Gasteiger partial charge in [-0.25, -0.2) is 0 Å². The zero-order chi connectivity index (χ0) is 22.3. The van der Waals surface area contributed by atoms with Gasteiger partial charge in [-0.3, -0.25) is 4.79 Å². The Balaban J connectivity index is 1.63. The topological polar surface area (TPSA) is 63.7 Å². The Kier molecular flexibility index (Phi) is 4.85. The third-order valence-electron chi connectivity index (χ3n) is 8.92. The van der Waals surface area contributed by atoms with Gasteiger partial charge in [0, 0.05) is 24.9 Å². The third kappa shape index (κ3) is 2.93. The average molecular weight is 450 g/mol. The van der Waals surface area contributed by atoms with Crippen molar-refractivity contribution in [2.45, 2.75) is 70.8 Å². The smallest absolute Gasteiger partial charge is 0.380 e. The van der Waals surface area contributed by atoms with Gasteiger partial charge in [-0.2, -0.15) is 21.6 Å². The van der Waals surface area contributed by atoms with Gasteiger partial charge in [0.25, 0.3) is 0 Å². The molecule has 1 aliphatic heterocycles. The molecule has 5 nitrogen and oxygen atoms in total. The van der Waals surface area contributed by atoms with Gasteiger partial charge in [0.1, 0.15) is 5.76 Å². The van der Waals surface area contributed by atoms with Crippen molar-refractivity contribution in [1.82, 2.24) is 4.90 Å². The van der Waals surface area contributed by atoms with E-state index in [0.29, 0.717) is 25.2 Å². The van der Waals surface area contributed by atoms with Gasteiger partial charge < -0.3 is 9.08 Å². The Hall–Kier alpha value is -1.25. The summed E-state index contributed by atoms with van der Waals surface area (Å²) in [6, 6.07) is 0.176. The molecular weight excluding hydrogens is 419 g/mol. The number of alkyl halides is 3. The van der Waals surface area contributed by atoms with Crippen molar-refractivity contribution in [3.8, 4) is 0 Å². The van der Waals surface area contributed by atoms with Crippen molar-refractivity contribution >= 4 is 16.0 Å². The molecular formula is C21H30F3NO4S.